The van der Waals surface area contributed by atoms with E-state index in [0.29, 0.717) is 48.8 Å². The highest BCUT2D eigenvalue weighted by Crippen LogP contribution is 2.32. The maximum absolute atomic E-state index is 14.0. The van der Waals surface area contributed by atoms with Crippen molar-refractivity contribution in [1.29, 1.82) is 0 Å². The number of ether oxygens (including phenoxy) is 1. The van der Waals surface area contributed by atoms with Gasteiger partial charge in [-0.05, 0) is 68.7 Å². The Labute approximate surface area is 197 Å². The number of likely N-dealkylation sites (tertiary alicyclic amines) is 1. The molecule has 2 heterocycles. The van der Waals surface area contributed by atoms with Crippen molar-refractivity contribution >= 4 is 23.5 Å². The van der Waals surface area contributed by atoms with Crippen LogP contribution in [-0.4, -0.2) is 41.0 Å². The van der Waals surface area contributed by atoms with Crippen molar-refractivity contribution in [1.82, 2.24) is 9.47 Å². The van der Waals surface area contributed by atoms with Crippen LogP contribution in [0.5, 0.6) is 0 Å². The number of halogens is 2. The molecule has 33 heavy (non-hydrogen) atoms. The summed E-state index contributed by atoms with van der Waals surface area (Å²) < 4.78 is 21.1. The highest BCUT2D eigenvalue weighted by molar-refractivity contribution is 6.30. The Kier molecular flexibility index (Phi) is 6.84. The number of benzene rings is 2. The van der Waals surface area contributed by atoms with Crippen LogP contribution in [0.4, 0.5) is 4.39 Å². The highest BCUT2D eigenvalue weighted by Gasteiger charge is 2.30. The summed E-state index contributed by atoms with van der Waals surface area (Å²) in [5.41, 5.74) is 3.56. The summed E-state index contributed by atoms with van der Waals surface area (Å²) in [5, 5.41) is 0.611. The highest BCUT2D eigenvalue weighted by atomic mass is 35.5. The van der Waals surface area contributed by atoms with Crippen molar-refractivity contribution in [2.24, 2.45) is 5.92 Å². The van der Waals surface area contributed by atoms with Gasteiger partial charge in [-0.3, -0.25) is 9.59 Å². The lowest BCUT2D eigenvalue weighted by Gasteiger charge is -2.31. The fourth-order valence-corrected chi connectivity index (χ4v) is 4.48. The van der Waals surface area contributed by atoms with E-state index >= 15 is 0 Å². The predicted octanol–water partition coefficient (Wildman–Crippen LogP) is 5.66. The van der Waals surface area contributed by atoms with E-state index in [2.05, 4.69) is 0 Å². The summed E-state index contributed by atoms with van der Waals surface area (Å²) in [7, 11) is 0. The third-order valence-corrected chi connectivity index (χ3v) is 6.34. The third kappa shape index (κ3) is 4.81. The second kappa shape index (κ2) is 9.79. The number of carbonyl (C=O) groups is 2. The summed E-state index contributed by atoms with van der Waals surface area (Å²) in [6.45, 7) is 4.99. The monoisotopic (exact) mass is 468 g/mol. The molecule has 1 amide bonds. The SMILES string of the molecule is CCOC(=O)C1CCN(C(=O)c2cc(-c3ccc(Cl)cc3)n(-c3cccc(F)c3)c2C)CC1. The molecule has 5 nitrogen and oxygen atoms in total. The molecule has 0 saturated carbocycles. The summed E-state index contributed by atoms with van der Waals surface area (Å²) in [6, 6.07) is 15.5. The van der Waals surface area contributed by atoms with Crippen LogP contribution >= 0.6 is 11.6 Å². The standard InChI is InChI=1S/C26H26ClFN2O3/c1-3-33-26(32)19-11-13-29(14-12-19)25(31)23-16-24(18-7-9-20(27)10-8-18)30(17(23)2)22-6-4-5-21(28)15-22/h4-10,15-16,19H,3,11-14H2,1-2H3. The third-order valence-electron chi connectivity index (χ3n) is 6.09. The Morgan fingerprint density at radius 1 is 1.09 bits per heavy atom. The molecule has 0 radical (unpaired) electrons. The van der Waals surface area contributed by atoms with Crippen molar-refractivity contribution < 1.29 is 18.7 Å². The largest absolute Gasteiger partial charge is 0.466 e. The Bertz CT molecular complexity index is 1160. The summed E-state index contributed by atoms with van der Waals surface area (Å²) in [5.74, 6) is -0.809. The summed E-state index contributed by atoms with van der Waals surface area (Å²) in [6.07, 6.45) is 1.16. The maximum Gasteiger partial charge on any atom is 0.309 e. The first-order chi connectivity index (χ1) is 15.9. The molecule has 4 rings (SSSR count). The Morgan fingerprint density at radius 3 is 2.42 bits per heavy atom. The first-order valence-electron chi connectivity index (χ1n) is 11.1. The molecule has 1 aliphatic rings. The van der Waals surface area contributed by atoms with Gasteiger partial charge in [0.1, 0.15) is 5.82 Å². The molecule has 2 aromatic carbocycles. The zero-order valence-corrected chi connectivity index (χ0v) is 19.4. The summed E-state index contributed by atoms with van der Waals surface area (Å²) in [4.78, 5) is 27.3. The van der Waals surface area contributed by atoms with Crippen LogP contribution in [0.15, 0.2) is 54.6 Å². The van der Waals surface area contributed by atoms with Gasteiger partial charge in [0.25, 0.3) is 5.91 Å². The Hall–Kier alpha value is -3.12. The van der Waals surface area contributed by atoms with Crippen LogP contribution in [0, 0.1) is 18.7 Å². The number of amides is 1. The molecule has 0 aliphatic carbocycles. The molecule has 0 atom stereocenters. The number of hydrogen-bond acceptors (Lipinski definition) is 3. The first kappa shape index (κ1) is 23.1. The van der Waals surface area contributed by atoms with Gasteiger partial charge < -0.3 is 14.2 Å². The van der Waals surface area contributed by atoms with Gasteiger partial charge in [0, 0.05) is 29.5 Å². The fourth-order valence-electron chi connectivity index (χ4n) is 4.35. The van der Waals surface area contributed by atoms with E-state index in [1.807, 2.05) is 35.8 Å². The van der Waals surface area contributed by atoms with Crippen LogP contribution in [-0.2, 0) is 9.53 Å². The van der Waals surface area contributed by atoms with Crippen molar-refractivity contribution in [3.8, 4) is 16.9 Å². The van der Waals surface area contributed by atoms with Crippen molar-refractivity contribution in [3.63, 3.8) is 0 Å². The van der Waals surface area contributed by atoms with Gasteiger partial charge in [-0.1, -0.05) is 29.8 Å². The molecule has 1 fully saturated rings. The molecule has 0 unspecified atom stereocenters. The smallest absolute Gasteiger partial charge is 0.309 e. The summed E-state index contributed by atoms with van der Waals surface area (Å²) >= 11 is 6.07. The number of aromatic nitrogens is 1. The molecule has 172 valence electrons. The molecule has 0 N–H and O–H groups in total. The molecule has 1 aromatic heterocycles. The van der Waals surface area contributed by atoms with Crippen LogP contribution in [0.25, 0.3) is 16.9 Å². The molecular formula is C26H26ClFN2O3. The van der Waals surface area contributed by atoms with E-state index in [1.54, 1.807) is 30.0 Å². The quantitative estimate of drug-likeness (QED) is 0.454. The fraction of sp³-hybridized carbons (Fsp3) is 0.308. The van der Waals surface area contributed by atoms with Crippen LogP contribution < -0.4 is 0 Å². The van der Waals surface area contributed by atoms with E-state index in [0.717, 1.165) is 17.0 Å². The molecule has 3 aromatic rings. The zero-order chi connectivity index (χ0) is 23.5. The van der Waals surface area contributed by atoms with Crippen molar-refractivity contribution in [3.05, 3.63) is 76.7 Å². The number of hydrogen-bond donors (Lipinski definition) is 0. The Morgan fingerprint density at radius 2 is 1.79 bits per heavy atom. The minimum atomic E-state index is -0.350. The molecule has 1 saturated heterocycles. The number of carbonyl (C=O) groups excluding carboxylic acids is 2. The van der Waals surface area contributed by atoms with Crippen molar-refractivity contribution in [2.45, 2.75) is 26.7 Å². The minimum Gasteiger partial charge on any atom is -0.466 e. The first-order valence-corrected chi connectivity index (χ1v) is 11.5. The van der Waals surface area contributed by atoms with Gasteiger partial charge in [-0.2, -0.15) is 0 Å². The van der Waals surface area contributed by atoms with E-state index in [-0.39, 0.29) is 23.6 Å². The maximum atomic E-state index is 14.0. The van der Waals surface area contributed by atoms with Gasteiger partial charge in [0.2, 0.25) is 0 Å². The molecule has 0 spiro atoms. The molecular weight excluding hydrogens is 443 g/mol. The van der Waals surface area contributed by atoms with E-state index in [4.69, 9.17) is 16.3 Å². The zero-order valence-electron chi connectivity index (χ0n) is 18.7. The topological polar surface area (TPSA) is 51.5 Å². The lowest BCUT2D eigenvalue weighted by atomic mass is 9.96. The second-order valence-electron chi connectivity index (χ2n) is 8.17. The number of rotatable bonds is 5. The van der Waals surface area contributed by atoms with Gasteiger partial charge >= 0.3 is 5.97 Å². The predicted molar refractivity (Wildman–Crippen MR) is 126 cm³/mol. The lowest BCUT2D eigenvalue weighted by molar-refractivity contribution is -0.149. The number of esters is 1. The van der Waals surface area contributed by atoms with Gasteiger partial charge in [0.15, 0.2) is 0 Å². The van der Waals surface area contributed by atoms with E-state index in [9.17, 15) is 14.0 Å². The lowest BCUT2D eigenvalue weighted by Crippen LogP contribution is -2.40. The van der Waals surface area contributed by atoms with Gasteiger partial charge in [-0.25, -0.2) is 4.39 Å². The van der Waals surface area contributed by atoms with Crippen LogP contribution in [0.3, 0.4) is 0 Å². The van der Waals surface area contributed by atoms with Gasteiger partial charge in [0.05, 0.1) is 23.8 Å². The van der Waals surface area contributed by atoms with Crippen LogP contribution in [0.1, 0.15) is 35.8 Å². The van der Waals surface area contributed by atoms with Gasteiger partial charge in [-0.15, -0.1) is 0 Å². The normalized spacial score (nSPS) is 14.4. The van der Waals surface area contributed by atoms with Crippen LogP contribution in [0.2, 0.25) is 5.02 Å². The van der Waals surface area contributed by atoms with Crippen molar-refractivity contribution in [2.75, 3.05) is 19.7 Å². The average molecular weight is 469 g/mol. The number of piperidine rings is 1. The molecule has 7 heteroatoms. The van der Waals surface area contributed by atoms with E-state index in [1.165, 1.54) is 12.1 Å². The molecule has 0 bridgehead atoms. The molecule has 1 aliphatic heterocycles. The Balaban J connectivity index is 1.68. The minimum absolute atomic E-state index is 0.0971. The van der Waals surface area contributed by atoms with E-state index < -0.39 is 0 Å². The second-order valence-corrected chi connectivity index (χ2v) is 8.61. The number of nitrogens with zero attached hydrogens (tertiary/aromatic N) is 2. The average Bonchev–Trinajstić information content (AvgIpc) is 3.16.